The first-order chi connectivity index (χ1) is 14.9. The van der Waals surface area contributed by atoms with Crippen molar-refractivity contribution < 1.29 is 19.1 Å². The van der Waals surface area contributed by atoms with Crippen molar-refractivity contribution in [2.75, 3.05) is 0 Å². The average Bonchev–Trinajstić information content (AvgIpc) is 2.79. The van der Waals surface area contributed by atoms with Gasteiger partial charge in [0.05, 0.1) is 5.69 Å². The summed E-state index contributed by atoms with van der Waals surface area (Å²) < 4.78 is 11.0. The Kier molecular flexibility index (Phi) is 7.33. The Hall–Kier alpha value is -3.73. The topological polar surface area (TPSA) is 65.5 Å². The average molecular weight is 415 g/mol. The Morgan fingerprint density at radius 3 is 2.45 bits per heavy atom. The molecule has 1 unspecified atom stereocenters. The Bertz CT molecular complexity index is 1070. The summed E-state index contributed by atoms with van der Waals surface area (Å²) in [6, 6.07) is 18.4. The fourth-order valence-corrected chi connectivity index (χ4v) is 2.88. The van der Waals surface area contributed by atoms with Gasteiger partial charge in [-0.3, -0.25) is 9.78 Å². The monoisotopic (exact) mass is 415 g/mol. The third-order valence-electron chi connectivity index (χ3n) is 4.86. The minimum atomic E-state index is -0.860. The van der Waals surface area contributed by atoms with E-state index >= 15 is 0 Å². The van der Waals surface area contributed by atoms with Crippen LogP contribution in [0.5, 0.6) is 5.75 Å². The number of aromatic nitrogens is 1. The molecule has 0 saturated carbocycles. The van der Waals surface area contributed by atoms with Gasteiger partial charge in [-0.15, -0.1) is 0 Å². The number of pyridine rings is 1. The highest BCUT2D eigenvalue weighted by Crippen LogP contribution is 2.16. The maximum atomic E-state index is 12.5. The van der Waals surface area contributed by atoms with Gasteiger partial charge in [-0.05, 0) is 73.9 Å². The zero-order valence-electron chi connectivity index (χ0n) is 17.9. The van der Waals surface area contributed by atoms with Crippen LogP contribution in [0.3, 0.4) is 0 Å². The lowest BCUT2D eigenvalue weighted by molar-refractivity contribution is -0.140. The van der Waals surface area contributed by atoms with Crippen molar-refractivity contribution in [2.45, 2.75) is 33.5 Å². The highest BCUT2D eigenvalue weighted by atomic mass is 16.5. The third-order valence-corrected chi connectivity index (χ3v) is 4.86. The van der Waals surface area contributed by atoms with Gasteiger partial charge in [0.1, 0.15) is 12.4 Å². The van der Waals surface area contributed by atoms with Crippen LogP contribution in [0.2, 0.25) is 0 Å². The molecule has 3 rings (SSSR count). The molecule has 0 saturated heterocycles. The predicted molar refractivity (Wildman–Crippen MR) is 120 cm³/mol. The molecule has 0 aliphatic heterocycles. The zero-order valence-corrected chi connectivity index (χ0v) is 17.9. The summed E-state index contributed by atoms with van der Waals surface area (Å²) in [5, 5.41) is 0. The number of ketones is 1. The zero-order chi connectivity index (χ0) is 22.2. The lowest BCUT2D eigenvalue weighted by atomic mass is 10.0. The number of Topliss-reactive ketones (excluding diaryl/α,β-unsaturated/α-hetero) is 1. The van der Waals surface area contributed by atoms with Crippen molar-refractivity contribution in [2.24, 2.45) is 0 Å². The summed E-state index contributed by atoms with van der Waals surface area (Å²) in [5.41, 5.74) is 4.33. The number of hydrogen-bond acceptors (Lipinski definition) is 5. The van der Waals surface area contributed by atoms with Crippen molar-refractivity contribution in [3.8, 4) is 5.75 Å². The van der Waals surface area contributed by atoms with E-state index in [-0.39, 0.29) is 5.78 Å². The molecule has 3 aromatic rings. The summed E-state index contributed by atoms with van der Waals surface area (Å²) >= 11 is 0. The normalized spacial score (nSPS) is 11.8. The molecule has 0 spiro atoms. The number of ether oxygens (including phenoxy) is 2. The molecule has 0 radical (unpaired) electrons. The fraction of sp³-hybridized carbons (Fsp3) is 0.192. The number of hydrogen-bond donors (Lipinski definition) is 0. The standard InChI is InChI=1S/C26H25NO4/c1-18-7-11-22(16-19(18)2)26(29)20(3)31-25(28)14-10-21-8-12-24(13-9-21)30-17-23-6-4-5-15-27-23/h4-16,20H,17H2,1-3H3. The summed E-state index contributed by atoms with van der Waals surface area (Å²) in [6.07, 6.45) is 3.81. The van der Waals surface area contributed by atoms with Crippen molar-refractivity contribution in [3.05, 3.63) is 101 Å². The van der Waals surface area contributed by atoms with Crippen LogP contribution in [0.25, 0.3) is 6.08 Å². The van der Waals surface area contributed by atoms with Crippen molar-refractivity contribution >= 4 is 17.8 Å². The first-order valence-corrected chi connectivity index (χ1v) is 10.1. The summed E-state index contributed by atoms with van der Waals surface area (Å²) in [7, 11) is 0. The van der Waals surface area contributed by atoms with Gasteiger partial charge in [-0.2, -0.15) is 0 Å². The van der Waals surface area contributed by atoms with Gasteiger partial charge < -0.3 is 9.47 Å². The highest BCUT2D eigenvalue weighted by molar-refractivity contribution is 6.01. The first kappa shape index (κ1) is 22.0. The molecule has 1 heterocycles. The molecule has 0 bridgehead atoms. The molecule has 2 aromatic carbocycles. The molecule has 0 fully saturated rings. The molecule has 1 atom stereocenters. The summed E-state index contributed by atoms with van der Waals surface area (Å²) in [5.74, 6) is -0.0857. The van der Waals surface area contributed by atoms with Crippen LogP contribution in [0, 0.1) is 13.8 Å². The van der Waals surface area contributed by atoms with Gasteiger partial charge in [0.2, 0.25) is 5.78 Å². The summed E-state index contributed by atoms with van der Waals surface area (Å²) in [4.78, 5) is 28.8. The Labute approximate surface area is 182 Å². The van der Waals surface area contributed by atoms with Gasteiger partial charge in [-0.25, -0.2) is 4.79 Å². The van der Waals surface area contributed by atoms with E-state index in [0.717, 1.165) is 22.4 Å². The lowest BCUT2D eigenvalue weighted by Gasteiger charge is -2.12. The van der Waals surface area contributed by atoms with Crippen LogP contribution < -0.4 is 4.74 Å². The Morgan fingerprint density at radius 2 is 1.77 bits per heavy atom. The van der Waals surface area contributed by atoms with Crippen LogP contribution >= 0.6 is 0 Å². The SMILES string of the molecule is Cc1ccc(C(=O)C(C)OC(=O)C=Cc2ccc(OCc3ccccn3)cc2)cc1C. The lowest BCUT2D eigenvalue weighted by Crippen LogP contribution is -2.23. The molecule has 31 heavy (non-hydrogen) atoms. The number of carbonyl (C=O) groups excluding carboxylic acids is 2. The van der Waals surface area contributed by atoms with E-state index in [1.807, 2.05) is 68.4 Å². The van der Waals surface area contributed by atoms with Crippen LogP contribution in [0.4, 0.5) is 0 Å². The Balaban J connectivity index is 1.51. The van der Waals surface area contributed by atoms with Crippen molar-refractivity contribution in [1.82, 2.24) is 4.98 Å². The molecular formula is C26H25NO4. The van der Waals surface area contributed by atoms with Gasteiger partial charge in [0.15, 0.2) is 6.10 Å². The molecule has 5 heteroatoms. The van der Waals surface area contributed by atoms with Crippen LogP contribution in [-0.4, -0.2) is 22.8 Å². The molecule has 0 aliphatic carbocycles. The second-order valence-corrected chi connectivity index (χ2v) is 7.25. The number of carbonyl (C=O) groups is 2. The van der Waals surface area contributed by atoms with Crippen LogP contribution in [-0.2, 0) is 16.1 Å². The van der Waals surface area contributed by atoms with E-state index < -0.39 is 12.1 Å². The highest BCUT2D eigenvalue weighted by Gasteiger charge is 2.18. The minimum Gasteiger partial charge on any atom is -0.487 e. The maximum absolute atomic E-state index is 12.5. The fourth-order valence-electron chi connectivity index (χ4n) is 2.88. The first-order valence-electron chi connectivity index (χ1n) is 10.1. The molecular weight excluding hydrogens is 390 g/mol. The van der Waals surface area contributed by atoms with E-state index in [1.54, 1.807) is 25.3 Å². The van der Waals surface area contributed by atoms with Crippen LogP contribution in [0.1, 0.15) is 39.7 Å². The quantitative estimate of drug-likeness (QED) is 0.291. The van der Waals surface area contributed by atoms with Gasteiger partial charge in [0.25, 0.3) is 0 Å². The molecule has 158 valence electrons. The van der Waals surface area contributed by atoms with E-state index in [2.05, 4.69) is 4.98 Å². The van der Waals surface area contributed by atoms with E-state index in [1.165, 1.54) is 6.08 Å². The third kappa shape index (κ3) is 6.37. The van der Waals surface area contributed by atoms with Gasteiger partial charge >= 0.3 is 5.97 Å². The number of nitrogens with zero attached hydrogens (tertiary/aromatic N) is 1. The largest absolute Gasteiger partial charge is 0.487 e. The van der Waals surface area contributed by atoms with Gasteiger partial charge in [0, 0.05) is 17.8 Å². The van der Waals surface area contributed by atoms with E-state index in [0.29, 0.717) is 17.9 Å². The molecule has 1 aromatic heterocycles. The number of benzene rings is 2. The molecule has 0 aliphatic rings. The predicted octanol–water partition coefficient (Wildman–Crippen LogP) is 5.11. The van der Waals surface area contributed by atoms with Crippen molar-refractivity contribution in [3.63, 3.8) is 0 Å². The second-order valence-electron chi connectivity index (χ2n) is 7.25. The molecule has 0 amide bonds. The van der Waals surface area contributed by atoms with Gasteiger partial charge in [-0.1, -0.05) is 30.3 Å². The second kappa shape index (κ2) is 10.3. The van der Waals surface area contributed by atoms with E-state index in [9.17, 15) is 9.59 Å². The smallest absolute Gasteiger partial charge is 0.331 e. The molecule has 5 nitrogen and oxygen atoms in total. The van der Waals surface area contributed by atoms with Crippen LogP contribution in [0.15, 0.2) is 72.9 Å². The number of esters is 1. The number of rotatable bonds is 8. The van der Waals surface area contributed by atoms with E-state index in [4.69, 9.17) is 9.47 Å². The maximum Gasteiger partial charge on any atom is 0.331 e. The molecule has 0 N–H and O–H groups in total. The van der Waals surface area contributed by atoms with Crippen molar-refractivity contribution in [1.29, 1.82) is 0 Å². The summed E-state index contributed by atoms with van der Waals surface area (Å²) in [6.45, 7) is 5.89. The Morgan fingerprint density at radius 1 is 1.00 bits per heavy atom. The minimum absolute atomic E-state index is 0.223. The number of aryl methyl sites for hydroxylation is 2.